The highest BCUT2D eigenvalue weighted by molar-refractivity contribution is 6.30. The molecular weight excluding hydrogens is 562 g/mol. The SMILES string of the molecule is Cc1cccc([C@@H]2[C@@H]3C(=O)N(Cc4ccccc4)C(=O)[C@@H]3[C@]3(Cc4ccc(Cl)cc4)C(=O)N(c4ccccc4)C(=O)N23)c1. The molecule has 3 aliphatic rings. The van der Waals surface area contributed by atoms with E-state index in [9.17, 15) is 19.2 Å². The molecule has 3 heterocycles. The molecule has 0 saturated carbocycles. The van der Waals surface area contributed by atoms with Crippen molar-refractivity contribution in [3.05, 3.63) is 136 Å². The summed E-state index contributed by atoms with van der Waals surface area (Å²) in [6.07, 6.45) is 0.0553. The van der Waals surface area contributed by atoms with Crippen molar-refractivity contribution in [2.24, 2.45) is 11.8 Å². The van der Waals surface area contributed by atoms with E-state index in [1.807, 2.05) is 67.6 Å². The van der Waals surface area contributed by atoms with Gasteiger partial charge in [-0.3, -0.25) is 19.3 Å². The van der Waals surface area contributed by atoms with Crippen LogP contribution in [0.5, 0.6) is 0 Å². The van der Waals surface area contributed by atoms with Crippen LogP contribution in [0.25, 0.3) is 0 Å². The monoisotopic (exact) mass is 589 g/mol. The van der Waals surface area contributed by atoms with Crippen molar-refractivity contribution < 1.29 is 19.2 Å². The van der Waals surface area contributed by atoms with Gasteiger partial charge in [-0.1, -0.05) is 102 Å². The molecule has 214 valence electrons. The van der Waals surface area contributed by atoms with E-state index in [4.69, 9.17) is 11.6 Å². The molecular formula is C35H28ClN3O4. The normalized spacial score (nSPS) is 24.6. The number of hydrogen-bond acceptors (Lipinski definition) is 4. The van der Waals surface area contributed by atoms with Crippen molar-refractivity contribution >= 4 is 41.0 Å². The molecule has 43 heavy (non-hydrogen) atoms. The molecule has 4 aromatic carbocycles. The molecule has 3 fully saturated rings. The van der Waals surface area contributed by atoms with Crippen LogP contribution in [0.2, 0.25) is 5.02 Å². The summed E-state index contributed by atoms with van der Waals surface area (Å²) in [5.41, 5.74) is 1.99. The minimum absolute atomic E-state index is 0.0553. The first-order valence-electron chi connectivity index (χ1n) is 14.2. The molecule has 0 spiro atoms. The molecule has 4 aromatic rings. The van der Waals surface area contributed by atoms with E-state index in [2.05, 4.69) is 0 Å². The number of urea groups is 1. The highest BCUT2D eigenvalue weighted by atomic mass is 35.5. The molecule has 0 aliphatic carbocycles. The third kappa shape index (κ3) is 4.10. The summed E-state index contributed by atoms with van der Waals surface area (Å²) in [7, 11) is 0. The first-order chi connectivity index (χ1) is 20.8. The maximum Gasteiger partial charge on any atom is 0.332 e. The number of aryl methyl sites for hydroxylation is 1. The Balaban J connectivity index is 1.45. The van der Waals surface area contributed by atoms with Gasteiger partial charge < -0.3 is 4.90 Å². The fraction of sp³-hybridized carbons (Fsp3) is 0.200. The van der Waals surface area contributed by atoms with Crippen LogP contribution in [-0.4, -0.2) is 39.1 Å². The Hall–Kier alpha value is -4.75. The minimum Gasteiger partial charge on any atom is -0.300 e. The lowest BCUT2D eigenvalue weighted by Gasteiger charge is -2.35. The molecule has 4 atom stereocenters. The van der Waals surface area contributed by atoms with Crippen molar-refractivity contribution in [1.29, 1.82) is 0 Å². The largest absolute Gasteiger partial charge is 0.332 e. The van der Waals surface area contributed by atoms with Crippen molar-refractivity contribution in [2.45, 2.75) is 31.5 Å². The number of imide groups is 2. The van der Waals surface area contributed by atoms with Gasteiger partial charge in [0.1, 0.15) is 5.54 Å². The van der Waals surface area contributed by atoms with Gasteiger partial charge in [-0.05, 0) is 47.9 Å². The fourth-order valence-corrected chi connectivity index (χ4v) is 7.29. The van der Waals surface area contributed by atoms with Crippen molar-refractivity contribution in [2.75, 3.05) is 4.90 Å². The van der Waals surface area contributed by atoms with Gasteiger partial charge in [0.15, 0.2) is 0 Å². The van der Waals surface area contributed by atoms with Gasteiger partial charge in [-0.25, -0.2) is 9.69 Å². The Morgan fingerprint density at radius 2 is 1.42 bits per heavy atom. The van der Waals surface area contributed by atoms with Crippen molar-refractivity contribution in [1.82, 2.24) is 9.80 Å². The fourth-order valence-electron chi connectivity index (χ4n) is 7.17. The Bertz CT molecular complexity index is 1760. The van der Waals surface area contributed by atoms with E-state index in [1.54, 1.807) is 48.5 Å². The molecule has 5 amide bonds. The number of carbonyl (C=O) groups is 4. The molecule has 0 unspecified atom stereocenters. The minimum atomic E-state index is -1.63. The number of carbonyl (C=O) groups excluding carboxylic acids is 4. The number of fused-ring (bicyclic) bond motifs is 3. The predicted octanol–water partition coefficient (Wildman–Crippen LogP) is 5.95. The summed E-state index contributed by atoms with van der Waals surface area (Å²) in [4.78, 5) is 62.2. The van der Waals surface area contributed by atoms with Crippen LogP contribution in [0.15, 0.2) is 109 Å². The predicted molar refractivity (Wildman–Crippen MR) is 162 cm³/mol. The quantitative estimate of drug-likeness (QED) is 0.206. The third-order valence-corrected chi connectivity index (χ3v) is 9.20. The summed E-state index contributed by atoms with van der Waals surface area (Å²) in [6, 6.07) is 31.4. The topological polar surface area (TPSA) is 78.0 Å². The van der Waals surface area contributed by atoms with E-state index in [-0.39, 0.29) is 18.9 Å². The zero-order valence-corrected chi connectivity index (χ0v) is 24.1. The molecule has 0 N–H and O–H groups in total. The van der Waals surface area contributed by atoms with Crippen LogP contribution in [0.4, 0.5) is 10.5 Å². The number of likely N-dealkylation sites (tertiary alicyclic amines) is 1. The lowest BCUT2D eigenvalue weighted by atomic mass is 9.75. The van der Waals surface area contributed by atoms with Gasteiger partial charge in [0.2, 0.25) is 11.8 Å². The molecule has 0 aromatic heterocycles. The number of rotatable bonds is 6. The summed E-state index contributed by atoms with van der Waals surface area (Å²) in [6.45, 7) is 2.03. The van der Waals surface area contributed by atoms with Gasteiger partial charge in [0, 0.05) is 11.4 Å². The summed E-state index contributed by atoms with van der Waals surface area (Å²) in [5.74, 6) is -3.32. The Morgan fingerprint density at radius 3 is 2.09 bits per heavy atom. The maximum absolute atomic E-state index is 14.9. The van der Waals surface area contributed by atoms with E-state index in [0.717, 1.165) is 16.7 Å². The van der Waals surface area contributed by atoms with Crippen LogP contribution in [-0.2, 0) is 27.3 Å². The number of para-hydroxylation sites is 1. The van der Waals surface area contributed by atoms with Gasteiger partial charge in [-0.15, -0.1) is 0 Å². The maximum atomic E-state index is 14.9. The second-order valence-electron chi connectivity index (χ2n) is 11.5. The molecule has 0 bridgehead atoms. The Labute approximate surface area is 254 Å². The second-order valence-corrected chi connectivity index (χ2v) is 11.9. The van der Waals surface area contributed by atoms with Crippen LogP contribution >= 0.6 is 11.6 Å². The highest BCUT2D eigenvalue weighted by Crippen LogP contribution is 2.60. The summed E-state index contributed by atoms with van der Waals surface area (Å²) in [5, 5.41) is 0.529. The van der Waals surface area contributed by atoms with Gasteiger partial charge in [-0.2, -0.15) is 0 Å². The van der Waals surface area contributed by atoms with Crippen LogP contribution in [0, 0.1) is 18.8 Å². The molecule has 0 radical (unpaired) electrons. The first kappa shape index (κ1) is 27.1. The van der Waals surface area contributed by atoms with Gasteiger partial charge in [0.05, 0.1) is 30.1 Å². The van der Waals surface area contributed by atoms with E-state index in [0.29, 0.717) is 16.3 Å². The van der Waals surface area contributed by atoms with E-state index in [1.165, 1.54) is 14.7 Å². The molecule has 7 rings (SSSR count). The standard InChI is InChI=1S/C35H28ClN3O4/c1-22-9-8-12-25(19-22)30-28-29(32(41)37(31(28)40)21-24-10-4-2-5-11-24)35(20-23-15-17-26(36)18-16-23)33(42)38(34(43)39(30)35)27-13-6-3-7-14-27/h2-19,28-30H,20-21H2,1H3/t28-,29-,30-,35-/m1/s1. The molecule has 3 saturated heterocycles. The molecule has 3 aliphatic heterocycles. The zero-order chi connectivity index (χ0) is 29.9. The lowest BCUT2D eigenvalue weighted by Crippen LogP contribution is -2.55. The smallest absolute Gasteiger partial charge is 0.300 e. The third-order valence-electron chi connectivity index (χ3n) is 8.94. The summed E-state index contributed by atoms with van der Waals surface area (Å²) < 4.78 is 0. The number of anilines is 1. The van der Waals surface area contributed by atoms with Crippen LogP contribution in [0.3, 0.4) is 0 Å². The van der Waals surface area contributed by atoms with E-state index < -0.39 is 41.3 Å². The van der Waals surface area contributed by atoms with E-state index >= 15 is 0 Å². The lowest BCUT2D eigenvalue weighted by molar-refractivity contribution is -0.144. The Kier molecular flexibility index (Phi) is 6.43. The average Bonchev–Trinajstić information content (AvgIpc) is 3.53. The van der Waals surface area contributed by atoms with Crippen LogP contribution in [0.1, 0.15) is 28.3 Å². The zero-order valence-electron chi connectivity index (χ0n) is 23.4. The molecule has 7 nitrogen and oxygen atoms in total. The number of benzene rings is 4. The average molecular weight is 590 g/mol. The van der Waals surface area contributed by atoms with Crippen LogP contribution < -0.4 is 4.90 Å². The number of nitrogens with zero attached hydrogens (tertiary/aromatic N) is 3. The Morgan fingerprint density at radius 1 is 0.744 bits per heavy atom. The summed E-state index contributed by atoms with van der Waals surface area (Å²) >= 11 is 6.19. The van der Waals surface area contributed by atoms with Crippen molar-refractivity contribution in [3.63, 3.8) is 0 Å². The number of hydrogen-bond donors (Lipinski definition) is 0. The number of amides is 5. The highest BCUT2D eigenvalue weighted by Gasteiger charge is 2.77. The second kappa shape index (κ2) is 10.2. The number of halogens is 1. The first-order valence-corrected chi connectivity index (χ1v) is 14.6. The molecule has 8 heteroatoms. The van der Waals surface area contributed by atoms with Gasteiger partial charge >= 0.3 is 6.03 Å². The van der Waals surface area contributed by atoms with Crippen molar-refractivity contribution in [3.8, 4) is 0 Å². The van der Waals surface area contributed by atoms with Gasteiger partial charge in [0.25, 0.3) is 5.91 Å².